The lowest BCUT2D eigenvalue weighted by atomic mass is 10.0. The Morgan fingerprint density at radius 1 is 1.29 bits per heavy atom. The second kappa shape index (κ2) is 5.62. The van der Waals surface area contributed by atoms with E-state index in [0.717, 1.165) is 14.8 Å². The summed E-state index contributed by atoms with van der Waals surface area (Å²) in [6, 6.07) is 8.94. The van der Waals surface area contributed by atoms with Crippen molar-refractivity contribution < 1.29 is 9.90 Å². The first-order valence-electron chi connectivity index (χ1n) is 5.96. The van der Waals surface area contributed by atoms with Crippen LogP contribution in [0.3, 0.4) is 0 Å². The number of nitrogens with one attached hydrogen (secondary N) is 1. The van der Waals surface area contributed by atoms with Gasteiger partial charge in [0, 0.05) is 31.0 Å². The van der Waals surface area contributed by atoms with E-state index in [9.17, 15) is 9.90 Å². The summed E-state index contributed by atoms with van der Waals surface area (Å²) in [6.45, 7) is 0. The Hall–Kier alpha value is -1.05. The third-order valence-corrected chi connectivity index (χ3v) is 4.62. The lowest BCUT2D eigenvalue weighted by Crippen LogP contribution is -2.03. The second-order valence-corrected chi connectivity index (χ2v) is 7.06. The van der Waals surface area contributed by atoms with Crippen LogP contribution in [0.25, 0.3) is 11.6 Å². The predicted molar refractivity (Wildman–Crippen MR) is 96.5 cm³/mol. The summed E-state index contributed by atoms with van der Waals surface area (Å²) in [5.41, 5.74) is 2.59. The molecule has 0 radical (unpaired) electrons. The van der Waals surface area contributed by atoms with E-state index >= 15 is 0 Å². The van der Waals surface area contributed by atoms with Crippen LogP contribution in [0.5, 0.6) is 5.75 Å². The molecule has 2 N–H and O–H groups in total. The van der Waals surface area contributed by atoms with Gasteiger partial charge in [-0.05, 0) is 74.9 Å². The summed E-state index contributed by atoms with van der Waals surface area (Å²) in [5, 5.41) is 13.4. The molecule has 2 aromatic carbocycles. The van der Waals surface area contributed by atoms with Crippen LogP contribution in [-0.4, -0.2) is 11.0 Å². The number of hydrogen-bond donors (Lipinski definition) is 2. The maximum absolute atomic E-state index is 12.1. The van der Waals surface area contributed by atoms with E-state index < -0.39 is 0 Å². The molecule has 0 spiro atoms. The highest BCUT2D eigenvalue weighted by Crippen LogP contribution is 2.38. The molecular weight excluding hydrogens is 468 g/mol. The number of aromatic hydroxyl groups is 1. The van der Waals surface area contributed by atoms with Gasteiger partial charge in [0.2, 0.25) is 0 Å². The maximum atomic E-state index is 12.1. The highest BCUT2D eigenvalue weighted by Gasteiger charge is 2.24. The van der Waals surface area contributed by atoms with Crippen LogP contribution in [0.2, 0.25) is 5.02 Å². The number of hydrogen-bond acceptors (Lipinski definition) is 2. The van der Waals surface area contributed by atoms with Crippen molar-refractivity contribution in [2.24, 2.45) is 0 Å². The number of carbonyl (C=O) groups is 1. The molecule has 1 heterocycles. The van der Waals surface area contributed by atoms with Gasteiger partial charge in [0.15, 0.2) is 0 Å². The maximum Gasteiger partial charge on any atom is 0.256 e. The molecule has 1 aliphatic heterocycles. The molecule has 1 aliphatic rings. The summed E-state index contributed by atoms with van der Waals surface area (Å²) < 4.78 is 1.52. The van der Waals surface area contributed by atoms with Gasteiger partial charge in [-0.25, -0.2) is 0 Å². The fourth-order valence-electron chi connectivity index (χ4n) is 2.15. The van der Waals surface area contributed by atoms with E-state index in [0.29, 0.717) is 20.6 Å². The van der Waals surface area contributed by atoms with E-state index in [-0.39, 0.29) is 11.7 Å². The Morgan fingerprint density at radius 2 is 2.05 bits per heavy atom. The topological polar surface area (TPSA) is 49.3 Å². The number of amides is 1. The van der Waals surface area contributed by atoms with Gasteiger partial charge in [0.25, 0.3) is 5.91 Å². The van der Waals surface area contributed by atoms with Crippen LogP contribution in [0.4, 0.5) is 5.69 Å². The van der Waals surface area contributed by atoms with Crippen LogP contribution in [-0.2, 0) is 4.79 Å². The Kier molecular flexibility index (Phi) is 3.98. The molecule has 1 amide bonds. The number of halogens is 3. The van der Waals surface area contributed by atoms with Crippen molar-refractivity contribution in [3.05, 3.63) is 54.5 Å². The average molecular weight is 476 g/mol. The average Bonchev–Trinajstić information content (AvgIpc) is 2.72. The Balaban J connectivity index is 2.18. The Labute approximate surface area is 148 Å². The fourth-order valence-corrected chi connectivity index (χ4v) is 3.48. The molecule has 106 valence electrons. The van der Waals surface area contributed by atoms with Crippen LogP contribution < -0.4 is 5.32 Å². The van der Waals surface area contributed by atoms with E-state index in [2.05, 4.69) is 43.8 Å². The van der Waals surface area contributed by atoms with Gasteiger partial charge >= 0.3 is 0 Å². The molecule has 0 aromatic heterocycles. The summed E-state index contributed by atoms with van der Waals surface area (Å²) in [7, 11) is 0. The molecule has 2 aromatic rings. The number of phenols is 1. The van der Waals surface area contributed by atoms with Crippen LogP contribution in [0.1, 0.15) is 11.1 Å². The highest BCUT2D eigenvalue weighted by atomic mass is 127. The first-order valence-corrected chi connectivity index (χ1v) is 8.21. The molecule has 0 aliphatic carbocycles. The first-order chi connectivity index (χ1) is 9.95. The largest absolute Gasteiger partial charge is 0.506 e. The molecule has 3 rings (SSSR count). The minimum atomic E-state index is -0.192. The molecule has 0 saturated carbocycles. The van der Waals surface area contributed by atoms with Gasteiger partial charge in [0.05, 0.1) is 4.47 Å². The van der Waals surface area contributed by atoms with Crippen LogP contribution in [0, 0.1) is 3.57 Å². The van der Waals surface area contributed by atoms with Crippen molar-refractivity contribution in [2.75, 3.05) is 5.32 Å². The number of rotatable bonds is 1. The normalized spacial score (nSPS) is 15.2. The van der Waals surface area contributed by atoms with Gasteiger partial charge in [0.1, 0.15) is 5.75 Å². The zero-order valence-corrected chi connectivity index (χ0v) is 15.0. The first kappa shape index (κ1) is 14.9. The predicted octanol–water partition coefficient (Wildman–Crippen LogP) is 4.91. The smallest absolute Gasteiger partial charge is 0.256 e. The van der Waals surface area contributed by atoms with E-state index in [4.69, 9.17) is 11.6 Å². The lowest BCUT2D eigenvalue weighted by Gasteiger charge is -2.05. The quantitative estimate of drug-likeness (QED) is 0.454. The number of carbonyl (C=O) groups excluding carboxylic acids is 1. The van der Waals surface area contributed by atoms with E-state index in [1.165, 1.54) is 0 Å². The zero-order chi connectivity index (χ0) is 15.1. The minimum Gasteiger partial charge on any atom is -0.506 e. The van der Waals surface area contributed by atoms with Crippen molar-refractivity contribution in [3.8, 4) is 5.75 Å². The van der Waals surface area contributed by atoms with Crippen LogP contribution >= 0.6 is 50.1 Å². The number of anilines is 1. The van der Waals surface area contributed by atoms with Crippen molar-refractivity contribution in [2.45, 2.75) is 0 Å². The van der Waals surface area contributed by atoms with Gasteiger partial charge in [-0.2, -0.15) is 0 Å². The molecule has 0 fully saturated rings. The summed E-state index contributed by atoms with van der Waals surface area (Å²) in [6.07, 6.45) is 1.64. The van der Waals surface area contributed by atoms with Crippen molar-refractivity contribution in [3.63, 3.8) is 0 Å². The zero-order valence-electron chi connectivity index (χ0n) is 10.5. The van der Waals surface area contributed by atoms with Gasteiger partial charge in [-0.15, -0.1) is 0 Å². The molecule has 21 heavy (non-hydrogen) atoms. The minimum absolute atomic E-state index is 0.0544. The van der Waals surface area contributed by atoms with Gasteiger partial charge in [-0.1, -0.05) is 11.6 Å². The number of benzene rings is 2. The Morgan fingerprint density at radius 3 is 2.81 bits per heavy atom. The molecule has 0 atom stereocenters. The molecule has 6 heteroatoms. The number of fused-ring (bicyclic) bond motifs is 1. The monoisotopic (exact) mass is 475 g/mol. The highest BCUT2D eigenvalue weighted by molar-refractivity contribution is 14.1. The molecule has 0 saturated heterocycles. The standard InChI is InChI=1S/C15H8BrClINO2/c16-12-5-8(17)3-7(14(12)20)4-11-10-6-9(18)1-2-13(10)19-15(11)21/h1-6,20H,(H,19,21). The second-order valence-electron chi connectivity index (χ2n) is 4.53. The van der Waals surface area contributed by atoms with Gasteiger partial charge in [-0.3, -0.25) is 4.79 Å². The third-order valence-electron chi connectivity index (χ3n) is 3.12. The summed E-state index contributed by atoms with van der Waals surface area (Å²) in [5.74, 6) is -0.138. The SMILES string of the molecule is O=C1Nc2ccc(I)cc2C1=Cc1cc(Cl)cc(Br)c1O. The van der Waals surface area contributed by atoms with Crippen molar-refractivity contribution >= 4 is 73.4 Å². The Bertz CT molecular complexity index is 805. The number of phenolic OH excluding ortho intramolecular Hbond substituents is 1. The molecular formula is C15H8BrClINO2. The summed E-state index contributed by atoms with van der Waals surface area (Å²) in [4.78, 5) is 12.1. The fraction of sp³-hybridized carbons (Fsp3) is 0. The third kappa shape index (κ3) is 2.82. The van der Waals surface area contributed by atoms with Crippen molar-refractivity contribution in [1.82, 2.24) is 0 Å². The van der Waals surface area contributed by atoms with Crippen molar-refractivity contribution in [1.29, 1.82) is 0 Å². The molecule has 3 nitrogen and oxygen atoms in total. The lowest BCUT2D eigenvalue weighted by molar-refractivity contribution is -0.110. The molecule has 0 unspecified atom stereocenters. The van der Waals surface area contributed by atoms with Crippen LogP contribution in [0.15, 0.2) is 34.8 Å². The molecule has 0 bridgehead atoms. The van der Waals surface area contributed by atoms with E-state index in [1.807, 2.05) is 18.2 Å². The van der Waals surface area contributed by atoms with Gasteiger partial charge < -0.3 is 10.4 Å². The van der Waals surface area contributed by atoms with E-state index in [1.54, 1.807) is 18.2 Å². The summed E-state index contributed by atoms with van der Waals surface area (Å²) >= 11 is 11.4.